The molecule has 0 aromatic heterocycles. The summed E-state index contributed by atoms with van der Waals surface area (Å²) in [6, 6.07) is 6.44. The quantitative estimate of drug-likeness (QED) is 0.814. The van der Waals surface area contributed by atoms with Crippen LogP contribution < -0.4 is 0 Å². The lowest BCUT2D eigenvalue weighted by Crippen LogP contribution is -2.25. The smallest absolute Gasteiger partial charge is 0.140 e. The van der Waals surface area contributed by atoms with Crippen LogP contribution in [0.2, 0.25) is 0 Å². The third kappa shape index (κ3) is 3.08. The van der Waals surface area contributed by atoms with E-state index in [1.54, 1.807) is 12.1 Å². The number of nitrogens with zero attached hydrogens (tertiary/aromatic N) is 1. The molecule has 0 bridgehead atoms. The van der Waals surface area contributed by atoms with Crippen molar-refractivity contribution in [3.05, 3.63) is 35.1 Å². The maximum atomic E-state index is 13.2. The molecule has 0 amide bonds. The first-order valence-corrected chi connectivity index (χ1v) is 6.51. The minimum atomic E-state index is -0.465. The summed E-state index contributed by atoms with van der Waals surface area (Å²) in [7, 11) is 0. The van der Waals surface area contributed by atoms with Gasteiger partial charge in [0.1, 0.15) is 11.9 Å². The number of halogens is 1. The molecule has 2 nitrogen and oxygen atoms in total. The third-order valence-corrected chi connectivity index (χ3v) is 3.65. The number of benzene rings is 1. The minimum absolute atomic E-state index is 0.0905. The first kappa shape index (κ1) is 13.0. The van der Waals surface area contributed by atoms with E-state index in [9.17, 15) is 4.39 Å². The Balaban J connectivity index is 1.95. The molecule has 0 saturated heterocycles. The normalized spacial score (nSPS) is 23.6. The van der Waals surface area contributed by atoms with Crippen LogP contribution in [0.5, 0.6) is 0 Å². The summed E-state index contributed by atoms with van der Waals surface area (Å²) < 4.78 is 19.1. The van der Waals surface area contributed by atoms with Crippen molar-refractivity contribution in [2.24, 2.45) is 5.92 Å². The zero-order valence-corrected chi connectivity index (χ0v) is 10.7. The zero-order chi connectivity index (χ0) is 13.0. The molecule has 2 atom stereocenters. The first-order chi connectivity index (χ1) is 8.70. The Morgan fingerprint density at radius 2 is 2.17 bits per heavy atom. The fraction of sp³-hybridized carbons (Fsp3) is 0.533. The van der Waals surface area contributed by atoms with E-state index >= 15 is 0 Å². The molecule has 2 unspecified atom stereocenters. The van der Waals surface area contributed by atoms with Crippen molar-refractivity contribution in [2.45, 2.75) is 45.3 Å². The van der Waals surface area contributed by atoms with Gasteiger partial charge in [-0.2, -0.15) is 5.26 Å². The van der Waals surface area contributed by atoms with E-state index in [4.69, 9.17) is 10.00 Å². The lowest BCUT2D eigenvalue weighted by Gasteiger charge is -2.28. The molecule has 1 aromatic carbocycles. The van der Waals surface area contributed by atoms with E-state index in [2.05, 4.69) is 6.92 Å². The maximum absolute atomic E-state index is 13.2. The van der Waals surface area contributed by atoms with Gasteiger partial charge in [-0.25, -0.2) is 4.39 Å². The van der Waals surface area contributed by atoms with Crippen LogP contribution in [0.1, 0.15) is 43.7 Å². The Bertz CT molecular complexity index is 452. The van der Waals surface area contributed by atoms with Gasteiger partial charge in [0.2, 0.25) is 0 Å². The van der Waals surface area contributed by atoms with E-state index in [1.165, 1.54) is 25.3 Å². The van der Waals surface area contributed by atoms with Gasteiger partial charge in [0.15, 0.2) is 0 Å². The molecule has 18 heavy (non-hydrogen) atoms. The van der Waals surface area contributed by atoms with Gasteiger partial charge in [-0.05, 0) is 36.5 Å². The van der Waals surface area contributed by atoms with Crippen molar-refractivity contribution in [1.29, 1.82) is 5.26 Å². The Kier molecular flexibility index (Phi) is 4.33. The van der Waals surface area contributed by atoms with Crippen LogP contribution in [0, 0.1) is 23.1 Å². The molecule has 3 heteroatoms. The van der Waals surface area contributed by atoms with E-state index in [0.29, 0.717) is 18.6 Å². The van der Waals surface area contributed by atoms with E-state index in [0.717, 1.165) is 12.0 Å². The van der Waals surface area contributed by atoms with Crippen molar-refractivity contribution in [3.8, 4) is 6.07 Å². The summed E-state index contributed by atoms with van der Waals surface area (Å²) in [5.41, 5.74) is 0.957. The van der Waals surface area contributed by atoms with Gasteiger partial charge in [0.25, 0.3) is 0 Å². The molecule has 0 spiro atoms. The van der Waals surface area contributed by atoms with Gasteiger partial charge in [-0.1, -0.05) is 25.8 Å². The molecule has 0 aliphatic heterocycles. The fourth-order valence-corrected chi connectivity index (χ4v) is 2.48. The highest BCUT2D eigenvalue weighted by atomic mass is 19.1. The van der Waals surface area contributed by atoms with Crippen molar-refractivity contribution in [1.82, 2.24) is 0 Å². The molecule has 0 N–H and O–H groups in total. The van der Waals surface area contributed by atoms with Gasteiger partial charge in [0.05, 0.1) is 18.3 Å². The molecule has 2 rings (SSSR count). The molecule has 0 heterocycles. The molecule has 96 valence electrons. The number of hydrogen-bond donors (Lipinski definition) is 0. The summed E-state index contributed by atoms with van der Waals surface area (Å²) >= 11 is 0. The minimum Gasteiger partial charge on any atom is -0.373 e. The number of ether oxygens (including phenoxy) is 1. The summed E-state index contributed by atoms with van der Waals surface area (Å²) in [6.45, 7) is 2.68. The largest absolute Gasteiger partial charge is 0.373 e. The monoisotopic (exact) mass is 247 g/mol. The van der Waals surface area contributed by atoms with Gasteiger partial charge < -0.3 is 4.74 Å². The molecule has 1 aliphatic carbocycles. The summed E-state index contributed by atoms with van der Waals surface area (Å²) in [4.78, 5) is 0. The summed E-state index contributed by atoms with van der Waals surface area (Å²) in [5, 5.41) is 8.77. The Labute approximate surface area is 107 Å². The molecule has 1 aromatic rings. The Morgan fingerprint density at radius 1 is 1.39 bits per heavy atom. The summed E-state index contributed by atoms with van der Waals surface area (Å²) in [6.07, 6.45) is 5.14. The van der Waals surface area contributed by atoms with Gasteiger partial charge >= 0.3 is 0 Å². The van der Waals surface area contributed by atoms with Gasteiger partial charge in [-0.15, -0.1) is 0 Å². The van der Waals surface area contributed by atoms with Gasteiger partial charge in [0, 0.05) is 0 Å². The molecule has 0 radical (unpaired) electrons. The van der Waals surface area contributed by atoms with Crippen LogP contribution in [0.4, 0.5) is 4.39 Å². The topological polar surface area (TPSA) is 33.0 Å². The number of rotatable bonds is 3. The molecule has 1 aliphatic rings. The standard InChI is InChI=1S/C15H18FNO/c1-11-4-2-3-5-15(11)18-10-12-6-7-14(16)13(8-12)9-17/h6-8,11,15H,2-5,10H2,1H3. The van der Waals surface area contributed by atoms with Crippen LogP contribution in [-0.4, -0.2) is 6.10 Å². The Hall–Kier alpha value is -1.40. The second-order valence-electron chi connectivity index (χ2n) is 5.04. The van der Waals surface area contributed by atoms with Crippen LogP contribution in [0.15, 0.2) is 18.2 Å². The van der Waals surface area contributed by atoms with E-state index in [-0.39, 0.29) is 5.56 Å². The van der Waals surface area contributed by atoms with Gasteiger partial charge in [-0.3, -0.25) is 0 Å². The molecule has 1 fully saturated rings. The predicted octanol–water partition coefficient (Wildman–Crippen LogP) is 3.79. The lowest BCUT2D eigenvalue weighted by atomic mass is 9.88. The van der Waals surface area contributed by atoms with Crippen LogP contribution in [-0.2, 0) is 11.3 Å². The average molecular weight is 247 g/mol. The van der Waals surface area contributed by atoms with Crippen molar-refractivity contribution in [3.63, 3.8) is 0 Å². The average Bonchev–Trinajstić information content (AvgIpc) is 2.39. The summed E-state index contributed by atoms with van der Waals surface area (Å²) in [5.74, 6) is 0.127. The van der Waals surface area contributed by atoms with Crippen LogP contribution >= 0.6 is 0 Å². The zero-order valence-electron chi connectivity index (χ0n) is 10.7. The van der Waals surface area contributed by atoms with Crippen LogP contribution in [0.25, 0.3) is 0 Å². The number of nitriles is 1. The maximum Gasteiger partial charge on any atom is 0.140 e. The number of hydrogen-bond acceptors (Lipinski definition) is 2. The van der Waals surface area contributed by atoms with Crippen molar-refractivity contribution in [2.75, 3.05) is 0 Å². The van der Waals surface area contributed by atoms with Crippen LogP contribution in [0.3, 0.4) is 0 Å². The molecular formula is C15H18FNO. The highest BCUT2D eigenvalue weighted by Gasteiger charge is 2.21. The predicted molar refractivity (Wildman–Crippen MR) is 67.3 cm³/mol. The molecule has 1 saturated carbocycles. The lowest BCUT2D eigenvalue weighted by molar-refractivity contribution is -0.0154. The second-order valence-corrected chi connectivity index (χ2v) is 5.04. The van der Waals surface area contributed by atoms with Crippen molar-refractivity contribution >= 4 is 0 Å². The molecular weight excluding hydrogens is 229 g/mol. The second kappa shape index (κ2) is 5.97. The SMILES string of the molecule is CC1CCCCC1OCc1ccc(F)c(C#N)c1. The highest BCUT2D eigenvalue weighted by molar-refractivity contribution is 5.34. The highest BCUT2D eigenvalue weighted by Crippen LogP contribution is 2.27. The third-order valence-electron chi connectivity index (χ3n) is 3.65. The fourth-order valence-electron chi connectivity index (χ4n) is 2.48. The van der Waals surface area contributed by atoms with E-state index in [1.807, 2.05) is 6.07 Å². The van der Waals surface area contributed by atoms with E-state index < -0.39 is 5.82 Å². The van der Waals surface area contributed by atoms with Crippen molar-refractivity contribution < 1.29 is 9.13 Å². The first-order valence-electron chi connectivity index (χ1n) is 6.51. The Morgan fingerprint density at radius 3 is 2.89 bits per heavy atom.